The highest BCUT2D eigenvalue weighted by molar-refractivity contribution is 5.96. The van der Waals surface area contributed by atoms with E-state index in [2.05, 4.69) is 16.0 Å². The average Bonchev–Trinajstić information content (AvgIpc) is 3.35. The molecule has 5 amide bonds. The Balaban J connectivity index is 2.23. The van der Waals surface area contributed by atoms with Gasteiger partial charge in [0.25, 0.3) is 11.5 Å². The first-order chi connectivity index (χ1) is 34.6. The van der Waals surface area contributed by atoms with Gasteiger partial charge in [-0.2, -0.15) is 13.2 Å². The molecule has 0 spiro atoms. The first-order valence-electron chi connectivity index (χ1n) is 24.7. The van der Waals surface area contributed by atoms with E-state index in [0.717, 1.165) is 21.9 Å². The molecule has 3 N–H and O–H groups in total. The smallest absolute Gasteiger partial charge is 0.432 e. The third-order valence-electron chi connectivity index (χ3n) is 13.2. The van der Waals surface area contributed by atoms with Gasteiger partial charge in [-0.05, 0) is 64.0 Å². The fourth-order valence-corrected chi connectivity index (χ4v) is 8.30. The molecular formula is C54H74F3N5O12. The minimum absolute atomic E-state index is 0.00942. The summed E-state index contributed by atoms with van der Waals surface area (Å²) in [7, 11) is 3.44. The number of cyclic esters (lactones) is 2. The van der Waals surface area contributed by atoms with Gasteiger partial charge in [0.1, 0.15) is 36.4 Å². The molecule has 10 atom stereocenters. The van der Waals surface area contributed by atoms with Gasteiger partial charge in [0.05, 0.1) is 6.54 Å². The molecule has 0 aromatic heterocycles. The predicted molar refractivity (Wildman–Crippen MR) is 268 cm³/mol. The number of carbonyl (C=O) groups excluding carboxylic acids is 8. The van der Waals surface area contributed by atoms with Crippen LogP contribution in [0.3, 0.4) is 0 Å². The van der Waals surface area contributed by atoms with E-state index in [4.69, 9.17) is 18.9 Å². The van der Waals surface area contributed by atoms with Crippen LogP contribution in [0.15, 0.2) is 84.0 Å². The van der Waals surface area contributed by atoms with Gasteiger partial charge in [-0.15, -0.1) is 0 Å². The number of halogens is 3. The third kappa shape index (κ3) is 16.0. The summed E-state index contributed by atoms with van der Waals surface area (Å²) in [4.78, 5) is 114. The number of alkyl halides is 3. The van der Waals surface area contributed by atoms with Crippen LogP contribution in [-0.4, -0.2) is 134 Å². The van der Waals surface area contributed by atoms with Gasteiger partial charge in [0, 0.05) is 51.1 Å². The Morgan fingerprint density at radius 3 is 1.97 bits per heavy atom. The van der Waals surface area contributed by atoms with E-state index in [9.17, 15) is 38.4 Å². The number of hydrogen-bond acceptors (Lipinski definition) is 12. The molecule has 17 nitrogen and oxygen atoms in total. The number of carbonyl (C=O) groups is 8. The van der Waals surface area contributed by atoms with Crippen molar-refractivity contribution in [2.45, 2.75) is 149 Å². The zero-order valence-electron chi connectivity index (χ0n) is 44.7. The summed E-state index contributed by atoms with van der Waals surface area (Å²) in [5, 5.41) is 7.86. The van der Waals surface area contributed by atoms with Gasteiger partial charge in [0.2, 0.25) is 23.6 Å². The number of allylic oxidation sites excluding steroid dienone is 1. The maximum atomic E-state index is 15.2. The molecule has 74 heavy (non-hydrogen) atoms. The Hall–Kier alpha value is -6.57. The molecule has 1 heterocycles. The largest absolute Gasteiger partial charge is 0.459 e. The molecule has 0 bridgehead atoms. The van der Waals surface area contributed by atoms with E-state index in [1.165, 1.54) is 66.1 Å². The van der Waals surface area contributed by atoms with Crippen LogP contribution in [0.5, 0.6) is 0 Å². The minimum Gasteiger partial charge on any atom is -0.459 e. The fraction of sp³-hybridized carbons (Fsp3) is 0.556. The van der Waals surface area contributed by atoms with Gasteiger partial charge in [0.15, 0.2) is 6.10 Å². The number of nitrogens with one attached hydrogen (secondary N) is 3. The quantitative estimate of drug-likeness (QED) is 0.136. The van der Waals surface area contributed by atoms with Gasteiger partial charge < -0.3 is 44.7 Å². The normalized spacial score (nSPS) is 26.4. The molecule has 0 saturated carbocycles. The average molecular weight is 1040 g/mol. The lowest BCUT2D eigenvalue weighted by Gasteiger charge is -2.36. The van der Waals surface area contributed by atoms with Crippen LogP contribution < -0.4 is 16.0 Å². The zero-order valence-corrected chi connectivity index (χ0v) is 44.7. The Kier molecular flexibility index (Phi) is 23.1. The number of esters is 3. The van der Waals surface area contributed by atoms with Crippen LogP contribution in [0.4, 0.5) is 13.2 Å². The summed E-state index contributed by atoms with van der Waals surface area (Å²) >= 11 is 0. The van der Waals surface area contributed by atoms with Gasteiger partial charge in [-0.1, -0.05) is 114 Å². The standard InChI is InChI=1S/C54H74F3N5O12/c1-14-32(5)44-47(65)59-37(10)51(69)74-45(33(6)15-2)35(8)41(73-52(70)53(71-13,54(55,56)57)39-24-20-17-21-25-39)27-26-34(7)50(68)72-42(28-31(3)4)46(64)58-36(9)48(66)62(12)40(29-38-22-18-16-19-23-38)49(67)61(11)30-43(63)60-44/h15-26,31-32,35-37,40-42,44-45H,14,27-30H2,1-13H3,(H,58,64)(H,59,65)(H,60,63)/b33-15+,34-26+/t32-,35-,36+,37-,40-,41-,42+,44-,45+,53+/m0/s1. The topological polar surface area (TPSA) is 216 Å². The maximum absolute atomic E-state index is 15.2. The molecule has 0 aliphatic carbocycles. The van der Waals surface area contributed by atoms with Crippen molar-refractivity contribution in [2.75, 3.05) is 27.7 Å². The van der Waals surface area contributed by atoms with Crippen LogP contribution in [0.1, 0.15) is 99.6 Å². The van der Waals surface area contributed by atoms with Crippen molar-refractivity contribution < 1.29 is 70.5 Å². The van der Waals surface area contributed by atoms with Crippen molar-refractivity contribution in [1.82, 2.24) is 25.8 Å². The van der Waals surface area contributed by atoms with Gasteiger partial charge in [-0.3, -0.25) is 24.0 Å². The Bertz CT molecular complexity index is 2350. The SMILES string of the molecule is C/C=C(\C)[C@H]1OC(=O)[C@H](C)NC(=O)[C@H]([C@@H](C)CC)NC(=O)CN(C)C(=O)[C@H](Cc2ccccc2)N(C)C(=O)[C@@H](C)NC(=O)[C@@H](CC(C)C)OC(=O)/C(C)=C/C[C@H](OC(=O)[C@](OC)(c2ccccc2)C(F)(F)F)[C@@H]1C. The van der Waals surface area contributed by atoms with Crippen LogP contribution in [0.25, 0.3) is 0 Å². The monoisotopic (exact) mass is 1040 g/mol. The molecular weight excluding hydrogens is 968 g/mol. The van der Waals surface area contributed by atoms with Crippen LogP contribution in [0, 0.1) is 17.8 Å². The summed E-state index contributed by atoms with van der Waals surface area (Å²) in [5.74, 6) is -9.50. The fourth-order valence-electron chi connectivity index (χ4n) is 8.30. The van der Waals surface area contributed by atoms with E-state index in [1.807, 2.05) is 0 Å². The molecule has 1 aliphatic heterocycles. The van der Waals surface area contributed by atoms with E-state index in [0.29, 0.717) is 24.7 Å². The van der Waals surface area contributed by atoms with E-state index >= 15 is 13.2 Å². The number of ether oxygens (including phenoxy) is 4. The van der Waals surface area contributed by atoms with Crippen LogP contribution in [-0.2, 0) is 69.3 Å². The molecule has 0 fully saturated rings. The summed E-state index contributed by atoms with van der Waals surface area (Å²) in [6.45, 7) is 15.1. The number of benzene rings is 2. The molecule has 2 aromatic rings. The lowest BCUT2D eigenvalue weighted by atomic mass is 9.89. The highest BCUT2D eigenvalue weighted by atomic mass is 19.4. The third-order valence-corrected chi connectivity index (χ3v) is 13.2. The number of likely N-dealkylation sites (N-methyl/N-ethyl adjacent to an activating group) is 2. The van der Waals surface area contributed by atoms with Crippen molar-refractivity contribution in [3.05, 3.63) is 95.1 Å². The summed E-state index contributed by atoms with van der Waals surface area (Å²) in [6.07, 6.45) is -7.02. The molecule has 2 aromatic carbocycles. The van der Waals surface area contributed by atoms with Gasteiger partial charge in [-0.25, -0.2) is 14.4 Å². The molecule has 0 saturated heterocycles. The highest BCUT2D eigenvalue weighted by Gasteiger charge is 2.64. The second-order valence-corrected chi connectivity index (χ2v) is 19.3. The number of hydrogen-bond donors (Lipinski definition) is 3. The molecule has 1 aliphatic rings. The number of methoxy groups -OCH3 is 1. The summed E-state index contributed by atoms with van der Waals surface area (Å²) < 4.78 is 68.1. The summed E-state index contributed by atoms with van der Waals surface area (Å²) in [5.41, 5.74) is -3.33. The lowest BCUT2D eigenvalue weighted by molar-refractivity contribution is -0.279. The Labute approximate surface area is 432 Å². The molecule has 20 heteroatoms. The second kappa shape index (κ2) is 27.6. The number of nitrogens with zero attached hydrogens (tertiary/aromatic N) is 2. The molecule has 408 valence electrons. The first kappa shape index (κ1) is 61.7. The molecule has 0 unspecified atom stereocenters. The maximum Gasteiger partial charge on any atom is 0.432 e. The van der Waals surface area contributed by atoms with E-state index in [-0.39, 0.29) is 24.3 Å². The van der Waals surface area contributed by atoms with Crippen molar-refractivity contribution >= 4 is 47.4 Å². The molecule has 3 rings (SSSR count). The Morgan fingerprint density at radius 1 is 0.851 bits per heavy atom. The van der Waals surface area contributed by atoms with Gasteiger partial charge >= 0.3 is 24.1 Å². The van der Waals surface area contributed by atoms with Crippen molar-refractivity contribution in [1.29, 1.82) is 0 Å². The van der Waals surface area contributed by atoms with E-state index < -0.39 is 132 Å². The second-order valence-electron chi connectivity index (χ2n) is 19.3. The number of amides is 5. The van der Waals surface area contributed by atoms with Crippen molar-refractivity contribution in [3.63, 3.8) is 0 Å². The minimum atomic E-state index is -5.37. The summed E-state index contributed by atoms with van der Waals surface area (Å²) in [6, 6.07) is 9.83. The lowest BCUT2D eigenvalue weighted by Crippen LogP contribution is -2.57. The van der Waals surface area contributed by atoms with Crippen LogP contribution >= 0.6 is 0 Å². The first-order valence-corrected chi connectivity index (χ1v) is 24.7. The predicted octanol–water partition coefficient (Wildman–Crippen LogP) is 5.89. The van der Waals surface area contributed by atoms with Crippen LogP contribution in [0.2, 0.25) is 0 Å². The molecule has 0 radical (unpaired) electrons. The highest BCUT2D eigenvalue weighted by Crippen LogP contribution is 2.44. The number of rotatable bonds is 11. The Morgan fingerprint density at radius 2 is 1.43 bits per heavy atom. The van der Waals surface area contributed by atoms with E-state index in [1.54, 1.807) is 78.0 Å². The van der Waals surface area contributed by atoms with Crippen molar-refractivity contribution in [3.8, 4) is 0 Å². The van der Waals surface area contributed by atoms with Crippen molar-refractivity contribution in [2.24, 2.45) is 17.8 Å². The zero-order chi connectivity index (χ0) is 55.8.